The van der Waals surface area contributed by atoms with Crippen LogP contribution in [0.1, 0.15) is 22.3 Å². The highest BCUT2D eigenvalue weighted by atomic mass is 16.4. The van der Waals surface area contributed by atoms with Crippen LogP contribution in [0.15, 0.2) is 12.1 Å². The van der Waals surface area contributed by atoms with Gasteiger partial charge in [0.05, 0.1) is 0 Å². The fourth-order valence-electron chi connectivity index (χ4n) is 1.76. The van der Waals surface area contributed by atoms with Crippen LogP contribution in [0.25, 0.3) is 0 Å². The summed E-state index contributed by atoms with van der Waals surface area (Å²) >= 11 is 0. The number of carbonyl (C=O) groups is 1. The van der Waals surface area contributed by atoms with E-state index in [0.29, 0.717) is 6.54 Å². The van der Waals surface area contributed by atoms with Crippen molar-refractivity contribution in [2.75, 3.05) is 7.05 Å². The average molecular weight is 207 g/mol. The van der Waals surface area contributed by atoms with Crippen molar-refractivity contribution in [3.63, 3.8) is 0 Å². The van der Waals surface area contributed by atoms with Crippen LogP contribution < -0.4 is 0 Å². The Morgan fingerprint density at radius 2 is 1.73 bits per heavy atom. The van der Waals surface area contributed by atoms with E-state index in [0.717, 1.165) is 16.7 Å². The maximum absolute atomic E-state index is 10.7. The number of carboxylic acid groups (broad SMARTS) is 1. The summed E-state index contributed by atoms with van der Waals surface area (Å²) in [4.78, 5) is 12.0. The predicted molar refractivity (Wildman–Crippen MR) is 60.1 cm³/mol. The number of hydrogen-bond donors (Lipinski definition) is 1. The molecule has 0 fully saturated rings. The van der Waals surface area contributed by atoms with Gasteiger partial charge in [-0.05, 0) is 37.5 Å². The molecular formula is C12H17NO2. The van der Waals surface area contributed by atoms with Gasteiger partial charge in [-0.15, -0.1) is 0 Å². The molecule has 1 amide bonds. The van der Waals surface area contributed by atoms with Gasteiger partial charge < -0.3 is 10.0 Å². The fourth-order valence-corrected chi connectivity index (χ4v) is 1.76. The molecule has 82 valence electrons. The van der Waals surface area contributed by atoms with Gasteiger partial charge in [0.15, 0.2) is 0 Å². The molecule has 1 rings (SSSR count). The lowest BCUT2D eigenvalue weighted by Gasteiger charge is -2.17. The van der Waals surface area contributed by atoms with Gasteiger partial charge in [-0.25, -0.2) is 4.79 Å². The molecule has 0 radical (unpaired) electrons. The van der Waals surface area contributed by atoms with Gasteiger partial charge in [0, 0.05) is 13.6 Å². The number of rotatable bonds is 2. The van der Waals surface area contributed by atoms with E-state index in [1.54, 1.807) is 7.05 Å². The molecule has 0 aromatic heterocycles. The molecule has 0 unspecified atom stereocenters. The molecule has 0 aliphatic rings. The topological polar surface area (TPSA) is 40.5 Å². The van der Waals surface area contributed by atoms with Crippen molar-refractivity contribution in [3.8, 4) is 0 Å². The molecule has 0 spiro atoms. The molecule has 0 saturated carbocycles. The second kappa shape index (κ2) is 4.34. The third-order valence-corrected chi connectivity index (χ3v) is 2.56. The molecule has 0 aliphatic heterocycles. The standard InChI is InChI=1S/C12H17NO2/c1-8-5-9(2)11(10(3)6-8)7-13(4)12(14)15/h5-6H,7H2,1-4H3,(H,14,15). The zero-order chi connectivity index (χ0) is 11.6. The molecule has 1 N–H and O–H groups in total. The van der Waals surface area contributed by atoms with Crippen molar-refractivity contribution < 1.29 is 9.90 Å². The van der Waals surface area contributed by atoms with Gasteiger partial charge in [0.25, 0.3) is 0 Å². The minimum Gasteiger partial charge on any atom is -0.465 e. The number of hydrogen-bond acceptors (Lipinski definition) is 1. The third kappa shape index (κ3) is 2.72. The first kappa shape index (κ1) is 11.6. The second-order valence-corrected chi connectivity index (χ2v) is 4.02. The van der Waals surface area contributed by atoms with E-state index in [2.05, 4.69) is 12.1 Å². The Balaban J connectivity index is 3.00. The van der Waals surface area contributed by atoms with Gasteiger partial charge in [-0.2, -0.15) is 0 Å². The van der Waals surface area contributed by atoms with Crippen LogP contribution in [0, 0.1) is 20.8 Å². The van der Waals surface area contributed by atoms with E-state index >= 15 is 0 Å². The number of benzene rings is 1. The average Bonchev–Trinajstić information content (AvgIpc) is 2.10. The van der Waals surface area contributed by atoms with Crippen LogP contribution >= 0.6 is 0 Å². The van der Waals surface area contributed by atoms with Crippen LogP contribution in [0.4, 0.5) is 4.79 Å². The van der Waals surface area contributed by atoms with Gasteiger partial charge in [-0.1, -0.05) is 17.7 Å². The van der Waals surface area contributed by atoms with E-state index in [-0.39, 0.29) is 0 Å². The SMILES string of the molecule is Cc1cc(C)c(CN(C)C(=O)O)c(C)c1. The lowest BCUT2D eigenvalue weighted by atomic mass is 9.99. The first-order valence-corrected chi connectivity index (χ1v) is 4.92. The van der Waals surface area contributed by atoms with Crippen LogP contribution in [0.2, 0.25) is 0 Å². The summed E-state index contributed by atoms with van der Waals surface area (Å²) in [5.41, 5.74) is 4.62. The van der Waals surface area contributed by atoms with Crippen LogP contribution in [0.3, 0.4) is 0 Å². The maximum Gasteiger partial charge on any atom is 0.407 e. The van der Waals surface area contributed by atoms with Crippen molar-refractivity contribution in [2.45, 2.75) is 27.3 Å². The Bertz CT molecular complexity index is 362. The van der Waals surface area contributed by atoms with Crippen molar-refractivity contribution in [1.82, 2.24) is 4.90 Å². The highest BCUT2D eigenvalue weighted by Crippen LogP contribution is 2.17. The highest BCUT2D eigenvalue weighted by molar-refractivity contribution is 5.64. The molecule has 0 saturated heterocycles. The molecule has 0 bridgehead atoms. The Labute approximate surface area is 90.3 Å². The lowest BCUT2D eigenvalue weighted by molar-refractivity contribution is 0.153. The van der Waals surface area contributed by atoms with E-state index in [9.17, 15) is 4.79 Å². The van der Waals surface area contributed by atoms with Crippen molar-refractivity contribution in [2.24, 2.45) is 0 Å². The van der Waals surface area contributed by atoms with E-state index in [1.165, 1.54) is 10.5 Å². The second-order valence-electron chi connectivity index (χ2n) is 4.02. The Morgan fingerprint density at radius 1 is 1.27 bits per heavy atom. The lowest BCUT2D eigenvalue weighted by Crippen LogP contribution is -2.24. The van der Waals surface area contributed by atoms with E-state index in [1.807, 2.05) is 20.8 Å². The first-order valence-electron chi connectivity index (χ1n) is 4.92. The van der Waals surface area contributed by atoms with Crippen LogP contribution in [-0.2, 0) is 6.54 Å². The molecular weight excluding hydrogens is 190 g/mol. The summed E-state index contributed by atoms with van der Waals surface area (Å²) in [7, 11) is 1.58. The summed E-state index contributed by atoms with van der Waals surface area (Å²) < 4.78 is 0. The van der Waals surface area contributed by atoms with Crippen molar-refractivity contribution in [1.29, 1.82) is 0 Å². The summed E-state index contributed by atoms with van der Waals surface area (Å²) in [6, 6.07) is 4.16. The molecule has 1 aromatic carbocycles. The van der Waals surface area contributed by atoms with Crippen molar-refractivity contribution in [3.05, 3.63) is 34.4 Å². The van der Waals surface area contributed by atoms with Crippen LogP contribution in [0.5, 0.6) is 0 Å². The summed E-state index contributed by atoms with van der Waals surface area (Å²) in [5, 5.41) is 8.81. The first-order chi connectivity index (χ1) is 6.91. The monoisotopic (exact) mass is 207 g/mol. The smallest absolute Gasteiger partial charge is 0.407 e. The molecule has 1 aromatic rings. The largest absolute Gasteiger partial charge is 0.465 e. The quantitative estimate of drug-likeness (QED) is 0.810. The molecule has 3 nitrogen and oxygen atoms in total. The molecule has 3 heteroatoms. The predicted octanol–water partition coefficient (Wildman–Crippen LogP) is 2.72. The minimum absolute atomic E-state index is 0.452. The van der Waals surface area contributed by atoms with Crippen LogP contribution in [-0.4, -0.2) is 23.1 Å². The highest BCUT2D eigenvalue weighted by Gasteiger charge is 2.10. The Hall–Kier alpha value is -1.51. The number of nitrogens with zero attached hydrogens (tertiary/aromatic N) is 1. The normalized spacial score (nSPS) is 10.1. The Kier molecular flexibility index (Phi) is 3.35. The summed E-state index contributed by atoms with van der Waals surface area (Å²) in [5.74, 6) is 0. The maximum atomic E-state index is 10.7. The molecule has 0 atom stereocenters. The molecule has 15 heavy (non-hydrogen) atoms. The summed E-state index contributed by atoms with van der Waals surface area (Å²) in [6.45, 7) is 6.54. The van der Waals surface area contributed by atoms with Gasteiger partial charge in [0.2, 0.25) is 0 Å². The molecule has 0 aliphatic carbocycles. The zero-order valence-electron chi connectivity index (χ0n) is 9.66. The van der Waals surface area contributed by atoms with E-state index < -0.39 is 6.09 Å². The number of amides is 1. The molecule has 0 heterocycles. The number of aryl methyl sites for hydroxylation is 3. The zero-order valence-corrected chi connectivity index (χ0v) is 9.66. The minimum atomic E-state index is -0.894. The van der Waals surface area contributed by atoms with Crippen molar-refractivity contribution >= 4 is 6.09 Å². The van der Waals surface area contributed by atoms with Gasteiger partial charge >= 0.3 is 6.09 Å². The van der Waals surface area contributed by atoms with Gasteiger partial charge in [-0.3, -0.25) is 0 Å². The fraction of sp³-hybridized carbons (Fsp3) is 0.417. The van der Waals surface area contributed by atoms with E-state index in [4.69, 9.17) is 5.11 Å². The summed E-state index contributed by atoms with van der Waals surface area (Å²) in [6.07, 6.45) is -0.894. The Morgan fingerprint density at radius 3 is 2.13 bits per heavy atom. The van der Waals surface area contributed by atoms with Gasteiger partial charge in [0.1, 0.15) is 0 Å². The third-order valence-electron chi connectivity index (χ3n) is 2.56.